The number of anilines is 1. The second kappa shape index (κ2) is 6.72. The molecule has 2 heterocycles. The lowest BCUT2D eigenvalue weighted by Crippen LogP contribution is -2.41. The van der Waals surface area contributed by atoms with Gasteiger partial charge >= 0.3 is 0 Å². The number of likely N-dealkylation sites (N-methyl/N-ethyl adjacent to an activating group) is 1. The number of hydrogen-bond acceptors (Lipinski definition) is 4. The predicted molar refractivity (Wildman–Crippen MR) is 101 cm³/mol. The first-order valence-corrected chi connectivity index (χ1v) is 9.15. The number of fused-ring (bicyclic) bond motifs is 1. The zero-order valence-corrected chi connectivity index (χ0v) is 15.0. The lowest BCUT2D eigenvalue weighted by molar-refractivity contribution is -0.123. The van der Waals surface area contributed by atoms with Gasteiger partial charge in [-0.25, -0.2) is 4.98 Å². The molecule has 0 N–H and O–H groups in total. The molecular weight excluding hydrogens is 346 g/mol. The molecule has 6 heteroatoms. The van der Waals surface area contributed by atoms with Crippen LogP contribution in [0, 0.1) is 0 Å². The summed E-state index contributed by atoms with van der Waals surface area (Å²) in [7, 11) is 1.70. The van der Waals surface area contributed by atoms with E-state index in [1.54, 1.807) is 18.1 Å². The molecule has 3 aromatic rings. The number of carbonyl (C=O) groups is 2. The molecule has 0 aliphatic carbocycles. The smallest absolute Gasteiger partial charge is 0.255 e. The molecule has 130 valence electrons. The molecule has 0 radical (unpaired) electrons. The molecule has 0 fully saturated rings. The largest absolute Gasteiger partial charge is 0.318 e. The number of aromatic nitrogens is 1. The van der Waals surface area contributed by atoms with Crippen LogP contribution in [0.5, 0.6) is 0 Å². The molecule has 2 amide bonds. The molecule has 0 saturated heterocycles. The number of benzene rings is 2. The Hall–Kier alpha value is -2.99. The Morgan fingerprint density at radius 2 is 1.88 bits per heavy atom. The standard InChI is InChI=1S/C20H17N3O2S/c1-22(20-21-11-12-26-20)19(25)17(14-7-3-2-4-8-14)23-13-15-9-5-6-10-16(15)18(23)24/h2-12,17H,13H2,1H3. The fourth-order valence-corrected chi connectivity index (χ4v) is 3.85. The highest BCUT2D eigenvalue weighted by Crippen LogP contribution is 2.33. The molecule has 1 aromatic heterocycles. The third kappa shape index (κ3) is 2.78. The lowest BCUT2D eigenvalue weighted by atomic mass is 10.0. The summed E-state index contributed by atoms with van der Waals surface area (Å²) in [6.07, 6.45) is 1.66. The molecule has 1 atom stereocenters. The Balaban J connectivity index is 1.73. The van der Waals surface area contributed by atoms with Crippen molar-refractivity contribution < 1.29 is 9.59 Å². The van der Waals surface area contributed by atoms with E-state index in [2.05, 4.69) is 4.98 Å². The van der Waals surface area contributed by atoms with Gasteiger partial charge in [-0.05, 0) is 17.2 Å². The van der Waals surface area contributed by atoms with E-state index in [1.165, 1.54) is 16.2 Å². The highest BCUT2D eigenvalue weighted by molar-refractivity contribution is 7.13. The third-order valence-corrected chi connectivity index (χ3v) is 5.39. The summed E-state index contributed by atoms with van der Waals surface area (Å²) in [6.45, 7) is 0.423. The van der Waals surface area contributed by atoms with Crippen molar-refractivity contribution in [3.8, 4) is 0 Å². The van der Waals surface area contributed by atoms with Crippen LogP contribution in [0.1, 0.15) is 27.5 Å². The van der Waals surface area contributed by atoms with Crippen molar-refractivity contribution in [1.29, 1.82) is 0 Å². The average Bonchev–Trinajstić information content (AvgIpc) is 3.32. The van der Waals surface area contributed by atoms with Crippen molar-refractivity contribution in [3.05, 3.63) is 82.9 Å². The van der Waals surface area contributed by atoms with Crippen LogP contribution in [0.3, 0.4) is 0 Å². The van der Waals surface area contributed by atoms with Gasteiger partial charge in [0.1, 0.15) is 6.04 Å². The highest BCUT2D eigenvalue weighted by atomic mass is 32.1. The van der Waals surface area contributed by atoms with Crippen LogP contribution in [0.15, 0.2) is 66.2 Å². The van der Waals surface area contributed by atoms with E-state index in [0.29, 0.717) is 17.2 Å². The maximum absolute atomic E-state index is 13.3. The minimum absolute atomic E-state index is 0.115. The van der Waals surface area contributed by atoms with Crippen molar-refractivity contribution in [2.75, 3.05) is 11.9 Å². The number of carbonyl (C=O) groups excluding carboxylic acids is 2. The molecular formula is C20H17N3O2S. The fourth-order valence-electron chi connectivity index (χ4n) is 3.24. The average molecular weight is 363 g/mol. The van der Waals surface area contributed by atoms with E-state index in [0.717, 1.165) is 11.1 Å². The summed E-state index contributed by atoms with van der Waals surface area (Å²) < 4.78 is 0. The van der Waals surface area contributed by atoms with Gasteiger partial charge in [0.05, 0.1) is 0 Å². The van der Waals surface area contributed by atoms with Gasteiger partial charge in [0.25, 0.3) is 11.8 Å². The minimum Gasteiger partial charge on any atom is -0.318 e. The van der Waals surface area contributed by atoms with E-state index in [4.69, 9.17) is 0 Å². The minimum atomic E-state index is -0.690. The van der Waals surface area contributed by atoms with Crippen LogP contribution in [0.2, 0.25) is 0 Å². The molecule has 0 saturated carbocycles. The van der Waals surface area contributed by atoms with Gasteiger partial charge in [-0.2, -0.15) is 0 Å². The second-order valence-corrected chi connectivity index (χ2v) is 6.99. The predicted octanol–water partition coefficient (Wildman–Crippen LogP) is 3.50. The summed E-state index contributed by atoms with van der Waals surface area (Å²) in [5.74, 6) is -0.289. The summed E-state index contributed by atoms with van der Waals surface area (Å²) in [6, 6.07) is 16.3. The van der Waals surface area contributed by atoms with Gasteiger partial charge in [0, 0.05) is 30.7 Å². The van der Waals surface area contributed by atoms with Crippen molar-refractivity contribution in [1.82, 2.24) is 9.88 Å². The third-order valence-electron chi connectivity index (χ3n) is 4.55. The van der Waals surface area contributed by atoms with Crippen LogP contribution in [-0.2, 0) is 11.3 Å². The molecule has 1 aliphatic rings. The van der Waals surface area contributed by atoms with Crippen LogP contribution in [-0.4, -0.2) is 28.7 Å². The van der Waals surface area contributed by atoms with Crippen LogP contribution < -0.4 is 4.90 Å². The monoisotopic (exact) mass is 363 g/mol. The van der Waals surface area contributed by atoms with E-state index in [9.17, 15) is 9.59 Å². The van der Waals surface area contributed by atoms with E-state index < -0.39 is 6.04 Å². The molecule has 26 heavy (non-hydrogen) atoms. The van der Waals surface area contributed by atoms with E-state index in [1.807, 2.05) is 60.0 Å². The summed E-state index contributed by atoms with van der Waals surface area (Å²) in [5.41, 5.74) is 2.41. The van der Waals surface area contributed by atoms with Crippen LogP contribution in [0.4, 0.5) is 5.13 Å². The number of thiazole rings is 1. The SMILES string of the molecule is CN(C(=O)C(c1ccccc1)N1Cc2ccccc2C1=O)c1nccs1. The first-order chi connectivity index (χ1) is 12.7. The summed E-state index contributed by atoms with van der Waals surface area (Å²) in [4.78, 5) is 33.7. The van der Waals surface area contributed by atoms with Crippen molar-refractivity contribution in [2.45, 2.75) is 12.6 Å². The van der Waals surface area contributed by atoms with E-state index >= 15 is 0 Å². The first-order valence-electron chi connectivity index (χ1n) is 8.27. The van der Waals surface area contributed by atoms with Crippen molar-refractivity contribution >= 4 is 28.3 Å². The summed E-state index contributed by atoms with van der Waals surface area (Å²) >= 11 is 1.39. The lowest BCUT2D eigenvalue weighted by Gasteiger charge is -2.30. The van der Waals surface area contributed by atoms with Gasteiger partial charge < -0.3 is 4.90 Å². The number of hydrogen-bond donors (Lipinski definition) is 0. The van der Waals surface area contributed by atoms with Crippen molar-refractivity contribution in [2.24, 2.45) is 0 Å². The Morgan fingerprint density at radius 3 is 2.58 bits per heavy atom. The van der Waals surface area contributed by atoms with Gasteiger partial charge in [-0.3, -0.25) is 14.5 Å². The molecule has 1 aliphatic heterocycles. The van der Waals surface area contributed by atoms with Gasteiger partial charge in [-0.1, -0.05) is 48.5 Å². The normalized spacial score (nSPS) is 14.2. The Morgan fingerprint density at radius 1 is 1.15 bits per heavy atom. The Labute approximate surface area is 155 Å². The molecule has 4 rings (SSSR count). The highest BCUT2D eigenvalue weighted by Gasteiger charge is 2.38. The zero-order chi connectivity index (χ0) is 18.1. The van der Waals surface area contributed by atoms with Gasteiger partial charge in [0.15, 0.2) is 5.13 Å². The topological polar surface area (TPSA) is 53.5 Å². The number of nitrogens with zero attached hydrogens (tertiary/aromatic N) is 3. The van der Waals surface area contributed by atoms with Crippen LogP contribution in [0.25, 0.3) is 0 Å². The number of amides is 2. The second-order valence-electron chi connectivity index (χ2n) is 6.12. The molecule has 1 unspecified atom stereocenters. The van der Waals surface area contributed by atoms with E-state index in [-0.39, 0.29) is 11.8 Å². The van der Waals surface area contributed by atoms with Gasteiger partial charge in [-0.15, -0.1) is 11.3 Å². The Kier molecular flexibility index (Phi) is 4.26. The maximum Gasteiger partial charge on any atom is 0.255 e. The van der Waals surface area contributed by atoms with Crippen LogP contribution >= 0.6 is 11.3 Å². The fraction of sp³-hybridized carbons (Fsp3) is 0.150. The summed E-state index contributed by atoms with van der Waals surface area (Å²) in [5, 5.41) is 2.44. The molecule has 0 spiro atoms. The quantitative estimate of drug-likeness (QED) is 0.713. The number of rotatable bonds is 4. The van der Waals surface area contributed by atoms with Gasteiger partial charge in [0.2, 0.25) is 0 Å². The van der Waals surface area contributed by atoms with Crippen molar-refractivity contribution in [3.63, 3.8) is 0 Å². The maximum atomic E-state index is 13.3. The zero-order valence-electron chi connectivity index (χ0n) is 14.2. The Bertz CT molecular complexity index is 941. The molecule has 0 bridgehead atoms. The molecule has 2 aromatic carbocycles. The molecule has 5 nitrogen and oxygen atoms in total. The first kappa shape index (κ1) is 16.5.